The number of rotatable bonds is 6. The Balaban J connectivity index is 2.49. The van der Waals surface area contributed by atoms with Crippen molar-refractivity contribution in [2.24, 2.45) is 0 Å². The number of carbonyl (C=O) groups excluding carboxylic acids is 1. The van der Waals surface area contributed by atoms with Crippen molar-refractivity contribution in [1.82, 2.24) is 5.32 Å². The Morgan fingerprint density at radius 2 is 2.18 bits per heavy atom. The minimum absolute atomic E-state index is 0.0916. The lowest BCUT2D eigenvalue weighted by molar-refractivity contribution is 0.0470. The van der Waals surface area contributed by atoms with Crippen molar-refractivity contribution in [3.05, 3.63) is 21.9 Å². The van der Waals surface area contributed by atoms with Crippen molar-refractivity contribution >= 4 is 17.2 Å². The minimum atomic E-state index is -0.810. The van der Waals surface area contributed by atoms with E-state index >= 15 is 0 Å². The van der Waals surface area contributed by atoms with E-state index in [1.54, 1.807) is 6.92 Å². The molecule has 0 saturated carbocycles. The van der Waals surface area contributed by atoms with Crippen molar-refractivity contribution in [2.75, 3.05) is 6.54 Å². The molecule has 0 bridgehead atoms. The minimum Gasteiger partial charge on any atom is -0.388 e. The van der Waals surface area contributed by atoms with Gasteiger partial charge >= 0.3 is 0 Å². The van der Waals surface area contributed by atoms with Crippen molar-refractivity contribution < 1.29 is 9.90 Å². The molecule has 2 N–H and O–H groups in total. The highest BCUT2D eigenvalue weighted by molar-refractivity contribution is 7.14. The molecule has 0 aliphatic rings. The fourth-order valence-corrected chi connectivity index (χ4v) is 2.54. The van der Waals surface area contributed by atoms with Gasteiger partial charge in [-0.3, -0.25) is 4.79 Å². The molecule has 0 aliphatic carbocycles. The fourth-order valence-electron chi connectivity index (χ4n) is 1.67. The Bertz CT molecular complexity index is 371. The molecule has 3 nitrogen and oxygen atoms in total. The summed E-state index contributed by atoms with van der Waals surface area (Å²) in [5, 5.41) is 12.7. The van der Waals surface area contributed by atoms with Gasteiger partial charge in [0.1, 0.15) is 0 Å². The molecular formula is C13H21NO2S. The smallest absolute Gasteiger partial charge is 0.261 e. The van der Waals surface area contributed by atoms with Crippen LogP contribution in [0.2, 0.25) is 0 Å². The second kappa shape index (κ2) is 6.17. The second-order valence-electron chi connectivity index (χ2n) is 4.55. The molecule has 0 spiro atoms. The molecule has 1 heterocycles. The monoisotopic (exact) mass is 255 g/mol. The summed E-state index contributed by atoms with van der Waals surface area (Å²) in [6.07, 6.45) is 2.55. The van der Waals surface area contributed by atoms with Crippen LogP contribution in [0.1, 0.15) is 48.2 Å². The van der Waals surface area contributed by atoms with E-state index in [0.29, 0.717) is 17.8 Å². The lowest BCUT2D eigenvalue weighted by Gasteiger charge is -2.22. The number of thiophene rings is 1. The average Bonchev–Trinajstić information content (AvgIpc) is 2.74. The standard InChI is InChI=1S/C13H21NO2S/c1-4-8-13(3,16)9-14-12(15)11-7-6-10(5-2)17-11/h6-7,16H,4-5,8-9H2,1-3H3,(H,14,15). The topological polar surface area (TPSA) is 49.3 Å². The number of nitrogens with one attached hydrogen (secondary N) is 1. The third-order valence-electron chi connectivity index (χ3n) is 2.65. The van der Waals surface area contributed by atoms with Crippen LogP contribution >= 0.6 is 11.3 Å². The van der Waals surface area contributed by atoms with Crippen LogP contribution in [0, 0.1) is 0 Å². The molecule has 1 unspecified atom stereocenters. The van der Waals surface area contributed by atoms with E-state index in [9.17, 15) is 9.90 Å². The van der Waals surface area contributed by atoms with E-state index < -0.39 is 5.60 Å². The highest BCUT2D eigenvalue weighted by Crippen LogP contribution is 2.17. The number of aliphatic hydroxyl groups is 1. The predicted octanol–water partition coefficient (Wildman–Crippen LogP) is 2.59. The van der Waals surface area contributed by atoms with Crippen LogP contribution in [0.15, 0.2) is 12.1 Å². The van der Waals surface area contributed by atoms with Gasteiger partial charge in [-0.05, 0) is 31.9 Å². The van der Waals surface area contributed by atoms with Gasteiger partial charge in [0.2, 0.25) is 0 Å². The highest BCUT2D eigenvalue weighted by atomic mass is 32.1. The lowest BCUT2D eigenvalue weighted by Crippen LogP contribution is -2.40. The lowest BCUT2D eigenvalue weighted by atomic mass is 10.0. The second-order valence-corrected chi connectivity index (χ2v) is 5.72. The SMILES string of the molecule is CCCC(C)(O)CNC(=O)c1ccc(CC)s1. The molecule has 0 aromatic carbocycles. The predicted molar refractivity (Wildman–Crippen MR) is 71.6 cm³/mol. The Kier molecular flexibility index (Phi) is 5.15. The Hall–Kier alpha value is -0.870. The summed E-state index contributed by atoms with van der Waals surface area (Å²) in [4.78, 5) is 13.7. The zero-order valence-electron chi connectivity index (χ0n) is 10.7. The zero-order chi connectivity index (χ0) is 12.9. The number of aryl methyl sites for hydroxylation is 1. The normalized spacial score (nSPS) is 14.4. The maximum absolute atomic E-state index is 11.8. The van der Waals surface area contributed by atoms with Crippen molar-refractivity contribution in [3.8, 4) is 0 Å². The average molecular weight is 255 g/mol. The van der Waals surface area contributed by atoms with Gasteiger partial charge in [-0.15, -0.1) is 11.3 Å². The molecule has 1 atom stereocenters. The summed E-state index contributed by atoms with van der Waals surface area (Å²) in [7, 11) is 0. The first kappa shape index (κ1) is 14.2. The number of hydrogen-bond donors (Lipinski definition) is 2. The van der Waals surface area contributed by atoms with Crippen LogP contribution in [0.5, 0.6) is 0 Å². The van der Waals surface area contributed by atoms with Crippen LogP contribution < -0.4 is 5.32 Å². The summed E-state index contributed by atoms with van der Waals surface area (Å²) in [5.74, 6) is -0.0916. The van der Waals surface area contributed by atoms with Gasteiger partial charge in [-0.25, -0.2) is 0 Å². The molecule has 1 rings (SSSR count). The van der Waals surface area contributed by atoms with Crippen LogP contribution in [-0.2, 0) is 6.42 Å². The van der Waals surface area contributed by atoms with E-state index in [2.05, 4.69) is 12.2 Å². The number of hydrogen-bond acceptors (Lipinski definition) is 3. The van der Waals surface area contributed by atoms with Gasteiger partial charge in [-0.1, -0.05) is 20.3 Å². The molecule has 0 radical (unpaired) electrons. The van der Waals surface area contributed by atoms with E-state index in [-0.39, 0.29) is 5.91 Å². The molecule has 1 aromatic heterocycles. The third-order valence-corrected chi connectivity index (χ3v) is 3.88. The highest BCUT2D eigenvalue weighted by Gasteiger charge is 2.20. The first-order valence-corrected chi connectivity index (χ1v) is 6.89. The maximum atomic E-state index is 11.8. The number of carbonyl (C=O) groups is 1. The molecular weight excluding hydrogens is 234 g/mol. The largest absolute Gasteiger partial charge is 0.388 e. The molecule has 4 heteroatoms. The Morgan fingerprint density at radius 3 is 2.71 bits per heavy atom. The summed E-state index contributed by atoms with van der Waals surface area (Å²) < 4.78 is 0. The Labute approximate surface area is 107 Å². The molecule has 1 aromatic rings. The van der Waals surface area contributed by atoms with Crippen molar-refractivity contribution in [2.45, 2.75) is 45.6 Å². The molecule has 0 saturated heterocycles. The third kappa shape index (κ3) is 4.48. The molecule has 1 amide bonds. The summed E-state index contributed by atoms with van der Waals surface area (Å²) in [6, 6.07) is 3.82. The summed E-state index contributed by atoms with van der Waals surface area (Å²) in [6.45, 7) is 6.14. The summed E-state index contributed by atoms with van der Waals surface area (Å²) >= 11 is 1.51. The number of amides is 1. The zero-order valence-corrected chi connectivity index (χ0v) is 11.6. The van der Waals surface area contributed by atoms with Crippen molar-refractivity contribution in [1.29, 1.82) is 0 Å². The van der Waals surface area contributed by atoms with Gasteiger partial charge in [-0.2, -0.15) is 0 Å². The first-order valence-electron chi connectivity index (χ1n) is 6.08. The van der Waals surface area contributed by atoms with Crippen LogP contribution in [0.3, 0.4) is 0 Å². The van der Waals surface area contributed by atoms with E-state index in [4.69, 9.17) is 0 Å². The van der Waals surface area contributed by atoms with E-state index in [0.717, 1.165) is 12.8 Å². The molecule has 0 fully saturated rings. The van der Waals surface area contributed by atoms with Gasteiger partial charge < -0.3 is 10.4 Å². The van der Waals surface area contributed by atoms with E-state index in [1.807, 2.05) is 19.1 Å². The fraction of sp³-hybridized carbons (Fsp3) is 0.615. The van der Waals surface area contributed by atoms with Gasteiger partial charge in [0, 0.05) is 11.4 Å². The van der Waals surface area contributed by atoms with Crippen LogP contribution in [0.25, 0.3) is 0 Å². The van der Waals surface area contributed by atoms with Gasteiger partial charge in [0.15, 0.2) is 0 Å². The van der Waals surface area contributed by atoms with Crippen LogP contribution in [0.4, 0.5) is 0 Å². The molecule has 96 valence electrons. The van der Waals surface area contributed by atoms with E-state index in [1.165, 1.54) is 16.2 Å². The molecule has 0 aliphatic heterocycles. The summed E-state index contributed by atoms with van der Waals surface area (Å²) in [5.41, 5.74) is -0.810. The molecule has 17 heavy (non-hydrogen) atoms. The quantitative estimate of drug-likeness (QED) is 0.821. The Morgan fingerprint density at radius 1 is 1.47 bits per heavy atom. The van der Waals surface area contributed by atoms with Crippen molar-refractivity contribution in [3.63, 3.8) is 0 Å². The maximum Gasteiger partial charge on any atom is 0.261 e. The first-order chi connectivity index (χ1) is 7.98. The van der Waals surface area contributed by atoms with Gasteiger partial charge in [0.05, 0.1) is 10.5 Å². The van der Waals surface area contributed by atoms with Gasteiger partial charge in [0.25, 0.3) is 5.91 Å². The van der Waals surface area contributed by atoms with Crippen LogP contribution in [-0.4, -0.2) is 23.2 Å².